The second-order valence-corrected chi connectivity index (χ2v) is 7.06. The fourth-order valence-corrected chi connectivity index (χ4v) is 3.16. The van der Waals surface area contributed by atoms with E-state index in [0.717, 1.165) is 32.7 Å². The molecule has 142 valence electrons. The first kappa shape index (κ1) is 19.3. The molecule has 0 unspecified atom stereocenters. The number of benzene rings is 2. The predicted molar refractivity (Wildman–Crippen MR) is 105 cm³/mol. The molecule has 2 aromatic rings. The van der Waals surface area contributed by atoms with Crippen molar-refractivity contribution in [3.05, 3.63) is 68.7 Å². The first-order valence-electron chi connectivity index (χ1n) is 8.67. The maximum atomic E-state index is 12.4. The van der Waals surface area contributed by atoms with Gasteiger partial charge in [-0.25, -0.2) is 0 Å². The Bertz CT molecular complexity index is 833. The molecule has 1 N–H and O–H groups in total. The number of amides is 1. The van der Waals surface area contributed by atoms with Gasteiger partial charge in [0, 0.05) is 50.5 Å². The number of nitro benzene ring substituents is 1. The molecule has 0 spiro atoms. The molecule has 7 nitrogen and oxygen atoms in total. The zero-order valence-electron chi connectivity index (χ0n) is 15.0. The molecular formula is C19H21ClN4O3. The molecule has 1 aliphatic heterocycles. The summed E-state index contributed by atoms with van der Waals surface area (Å²) < 4.78 is 0. The summed E-state index contributed by atoms with van der Waals surface area (Å²) in [6.07, 6.45) is 0. The molecular weight excluding hydrogens is 368 g/mol. The summed E-state index contributed by atoms with van der Waals surface area (Å²) in [7, 11) is 2.13. The van der Waals surface area contributed by atoms with Crippen LogP contribution in [-0.4, -0.2) is 53.9 Å². The molecule has 0 aromatic heterocycles. The lowest BCUT2D eigenvalue weighted by Crippen LogP contribution is -2.43. The lowest BCUT2D eigenvalue weighted by Gasteiger charge is -2.32. The second-order valence-electron chi connectivity index (χ2n) is 6.65. The van der Waals surface area contributed by atoms with Gasteiger partial charge in [-0.05, 0) is 30.8 Å². The largest absolute Gasteiger partial charge is 0.322 e. The molecule has 1 heterocycles. The van der Waals surface area contributed by atoms with Gasteiger partial charge in [0.2, 0.25) is 0 Å². The standard InChI is InChI=1S/C19H21ClN4O3/c1-22-8-10-23(11-9-22)13-14-2-4-15(5-3-14)21-19(25)17-12-16(24(26)27)6-7-18(17)20/h2-7,12H,8-11,13H2,1H3,(H,21,25). The summed E-state index contributed by atoms with van der Waals surface area (Å²) in [5.41, 5.74) is 1.69. The Hall–Kier alpha value is -2.48. The lowest BCUT2D eigenvalue weighted by molar-refractivity contribution is -0.384. The highest BCUT2D eigenvalue weighted by Crippen LogP contribution is 2.23. The highest BCUT2D eigenvalue weighted by molar-refractivity contribution is 6.34. The first-order chi connectivity index (χ1) is 12.9. The number of carbonyl (C=O) groups excluding carboxylic acids is 1. The number of nitrogens with one attached hydrogen (secondary N) is 1. The van der Waals surface area contributed by atoms with Crippen LogP contribution >= 0.6 is 11.6 Å². The molecule has 2 aromatic carbocycles. The highest BCUT2D eigenvalue weighted by atomic mass is 35.5. The number of hydrogen-bond donors (Lipinski definition) is 1. The van der Waals surface area contributed by atoms with Crippen LogP contribution in [0.25, 0.3) is 0 Å². The number of nitrogens with zero attached hydrogens (tertiary/aromatic N) is 3. The molecule has 0 saturated carbocycles. The zero-order valence-corrected chi connectivity index (χ0v) is 15.8. The topological polar surface area (TPSA) is 78.7 Å². The monoisotopic (exact) mass is 388 g/mol. The van der Waals surface area contributed by atoms with E-state index >= 15 is 0 Å². The zero-order chi connectivity index (χ0) is 19.4. The third kappa shape index (κ3) is 5.03. The van der Waals surface area contributed by atoms with Crippen molar-refractivity contribution in [2.75, 3.05) is 38.5 Å². The van der Waals surface area contributed by atoms with E-state index in [-0.39, 0.29) is 16.3 Å². The molecule has 1 amide bonds. The van der Waals surface area contributed by atoms with E-state index in [1.807, 2.05) is 24.3 Å². The summed E-state index contributed by atoms with van der Waals surface area (Å²) in [6, 6.07) is 11.4. The second kappa shape index (κ2) is 8.47. The van der Waals surface area contributed by atoms with E-state index in [9.17, 15) is 14.9 Å². The minimum atomic E-state index is -0.555. The van der Waals surface area contributed by atoms with Gasteiger partial charge < -0.3 is 10.2 Å². The van der Waals surface area contributed by atoms with Crippen molar-refractivity contribution in [3.63, 3.8) is 0 Å². The molecule has 0 radical (unpaired) electrons. The Morgan fingerprint density at radius 2 is 1.81 bits per heavy atom. The molecule has 1 saturated heterocycles. The van der Waals surface area contributed by atoms with Crippen LogP contribution in [0.3, 0.4) is 0 Å². The van der Waals surface area contributed by atoms with E-state index in [0.29, 0.717) is 5.69 Å². The van der Waals surface area contributed by atoms with Gasteiger partial charge in [-0.3, -0.25) is 19.8 Å². The smallest absolute Gasteiger partial charge is 0.270 e. The summed E-state index contributed by atoms with van der Waals surface area (Å²) in [4.78, 5) is 27.5. The maximum absolute atomic E-state index is 12.4. The Balaban J connectivity index is 1.63. The van der Waals surface area contributed by atoms with Crippen LogP contribution < -0.4 is 5.32 Å². The van der Waals surface area contributed by atoms with E-state index in [2.05, 4.69) is 22.2 Å². The number of piperazine rings is 1. The average Bonchev–Trinajstić information content (AvgIpc) is 2.65. The van der Waals surface area contributed by atoms with Gasteiger partial charge in [0.25, 0.3) is 11.6 Å². The number of hydrogen-bond acceptors (Lipinski definition) is 5. The van der Waals surface area contributed by atoms with Crippen LogP contribution in [-0.2, 0) is 6.54 Å². The molecule has 3 rings (SSSR count). The molecule has 1 aliphatic rings. The van der Waals surface area contributed by atoms with Crippen molar-refractivity contribution in [1.29, 1.82) is 0 Å². The number of carbonyl (C=O) groups is 1. The SMILES string of the molecule is CN1CCN(Cc2ccc(NC(=O)c3cc([N+](=O)[O-])ccc3Cl)cc2)CC1. The molecule has 27 heavy (non-hydrogen) atoms. The number of halogens is 1. The van der Waals surface area contributed by atoms with Crippen molar-refractivity contribution in [2.45, 2.75) is 6.54 Å². The van der Waals surface area contributed by atoms with Crippen LogP contribution in [0.1, 0.15) is 15.9 Å². The van der Waals surface area contributed by atoms with Crippen LogP contribution in [0.5, 0.6) is 0 Å². The maximum Gasteiger partial charge on any atom is 0.270 e. The summed E-state index contributed by atoms with van der Waals surface area (Å²) in [6.45, 7) is 5.09. The van der Waals surface area contributed by atoms with Crippen molar-refractivity contribution < 1.29 is 9.72 Å². The Labute approximate surface area is 162 Å². The number of anilines is 1. The van der Waals surface area contributed by atoms with E-state index in [4.69, 9.17) is 11.6 Å². The number of likely N-dealkylation sites (N-methyl/N-ethyl adjacent to an activating group) is 1. The van der Waals surface area contributed by atoms with Crippen LogP contribution in [0.4, 0.5) is 11.4 Å². The number of rotatable bonds is 5. The molecule has 0 bridgehead atoms. The minimum Gasteiger partial charge on any atom is -0.322 e. The van der Waals surface area contributed by atoms with Crippen molar-refractivity contribution in [3.8, 4) is 0 Å². The molecule has 0 aliphatic carbocycles. The van der Waals surface area contributed by atoms with E-state index in [1.54, 1.807) is 0 Å². The quantitative estimate of drug-likeness (QED) is 0.628. The van der Waals surface area contributed by atoms with Crippen molar-refractivity contribution in [1.82, 2.24) is 9.80 Å². The van der Waals surface area contributed by atoms with Crippen molar-refractivity contribution >= 4 is 28.9 Å². The fourth-order valence-electron chi connectivity index (χ4n) is 2.96. The van der Waals surface area contributed by atoms with Gasteiger partial charge in [0.1, 0.15) is 0 Å². The summed E-state index contributed by atoms with van der Waals surface area (Å²) >= 11 is 6.01. The summed E-state index contributed by atoms with van der Waals surface area (Å²) in [5.74, 6) is -0.476. The molecule has 8 heteroatoms. The Morgan fingerprint density at radius 3 is 2.44 bits per heavy atom. The predicted octanol–water partition coefficient (Wildman–Crippen LogP) is 3.25. The highest BCUT2D eigenvalue weighted by Gasteiger charge is 2.17. The lowest BCUT2D eigenvalue weighted by atomic mass is 10.1. The third-order valence-corrected chi connectivity index (χ3v) is 4.95. The normalized spacial score (nSPS) is 15.5. The van der Waals surface area contributed by atoms with Crippen LogP contribution in [0, 0.1) is 10.1 Å². The molecule has 1 fully saturated rings. The Kier molecular flexibility index (Phi) is 6.05. The van der Waals surface area contributed by atoms with Gasteiger partial charge >= 0.3 is 0 Å². The third-order valence-electron chi connectivity index (χ3n) is 4.62. The summed E-state index contributed by atoms with van der Waals surface area (Å²) in [5, 5.41) is 13.8. The average molecular weight is 389 g/mol. The first-order valence-corrected chi connectivity index (χ1v) is 9.05. The van der Waals surface area contributed by atoms with Gasteiger partial charge in [-0.15, -0.1) is 0 Å². The minimum absolute atomic E-state index is 0.0763. The Morgan fingerprint density at radius 1 is 1.15 bits per heavy atom. The number of non-ortho nitro benzene ring substituents is 1. The number of nitro groups is 1. The van der Waals surface area contributed by atoms with Gasteiger partial charge in [0.15, 0.2) is 0 Å². The van der Waals surface area contributed by atoms with Gasteiger partial charge in [-0.2, -0.15) is 0 Å². The molecule has 0 atom stereocenters. The van der Waals surface area contributed by atoms with Crippen LogP contribution in [0.2, 0.25) is 5.02 Å². The van der Waals surface area contributed by atoms with Crippen LogP contribution in [0.15, 0.2) is 42.5 Å². The van der Waals surface area contributed by atoms with Gasteiger partial charge in [0.05, 0.1) is 15.5 Å². The van der Waals surface area contributed by atoms with E-state index < -0.39 is 10.8 Å². The van der Waals surface area contributed by atoms with Gasteiger partial charge in [-0.1, -0.05) is 23.7 Å². The fraction of sp³-hybridized carbons (Fsp3) is 0.316. The van der Waals surface area contributed by atoms with E-state index in [1.165, 1.54) is 23.8 Å². The van der Waals surface area contributed by atoms with Crippen molar-refractivity contribution in [2.24, 2.45) is 0 Å².